The fraction of sp³-hybridized carbons (Fsp3) is 0.167. The van der Waals surface area contributed by atoms with Crippen molar-refractivity contribution in [3.63, 3.8) is 0 Å². The third-order valence-electron chi connectivity index (χ3n) is 3.68. The number of carbonyl (C=O) groups is 1. The molecule has 1 N–H and O–H groups in total. The minimum atomic E-state index is -0.206. The van der Waals surface area contributed by atoms with Gasteiger partial charge in [-0.25, -0.2) is 4.98 Å². The minimum absolute atomic E-state index is 0.171. The van der Waals surface area contributed by atoms with Gasteiger partial charge in [-0.15, -0.1) is 11.3 Å². The van der Waals surface area contributed by atoms with Gasteiger partial charge in [0.15, 0.2) is 0 Å². The SMILES string of the molecule is Cc1nc(-c2ccccn2)sc1C(=O)NC(C)c1ccc(Cl)c(Cl)c1. The Morgan fingerprint density at radius 2 is 2.00 bits per heavy atom. The molecule has 0 aliphatic heterocycles. The monoisotopic (exact) mass is 391 g/mol. The lowest BCUT2D eigenvalue weighted by molar-refractivity contribution is 0.0943. The number of halogens is 2. The largest absolute Gasteiger partial charge is 0.345 e. The van der Waals surface area contributed by atoms with Crippen LogP contribution in [0.15, 0.2) is 42.6 Å². The fourth-order valence-corrected chi connectivity index (χ4v) is 3.59. The number of pyridine rings is 1. The standard InChI is InChI=1S/C18H15Cl2N3OS/c1-10(12-6-7-13(19)14(20)9-12)22-17(24)16-11(2)23-18(25-16)15-5-3-4-8-21-15/h3-10H,1-2H3,(H,22,24). The zero-order valence-electron chi connectivity index (χ0n) is 13.6. The molecule has 1 aromatic carbocycles. The van der Waals surface area contributed by atoms with Crippen molar-refractivity contribution in [1.82, 2.24) is 15.3 Å². The predicted molar refractivity (Wildman–Crippen MR) is 102 cm³/mol. The highest BCUT2D eigenvalue weighted by molar-refractivity contribution is 7.17. The van der Waals surface area contributed by atoms with Gasteiger partial charge in [-0.1, -0.05) is 35.3 Å². The number of benzene rings is 1. The average molecular weight is 392 g/mol. The molecule has 0 saturated carbocycles. The fourth-order valence-electron chi connectivity index (χ4n) is 2.33. The van der Waals surface area contributed by atoms with Crippen LogP contribution in [0.3, 0.4) is 0 Å². The Balaban J connectivity index is 1.79. The van der Waals surface area contributed by atoms with Crippen molar-refractivity contribution in [2.45, 2.75) is 19.9 Å². The summed E-state index contributed by atoms with van der Waals surface area (Å²) in [6.45, 7) is 3.72. The van der Waals surface area contributed by atoms with E-state index < -0.39 is 0 Å². The van der Waals surface area contributed by atoms with Gasteiger partial charge < -0.3 is 5.32 Å². The van der Waals surface area contributed by atoms with Crippen molar-refractivity contribution in [2.75, 3.05) is 0 Å². The first-order chi connectivity index (χ1) is 12.0. The van der Waals surface area contributed by atoms with Crippen LogP contribution >= 0.6 is 34.5 Å². The maximum atomic E-state index is 12.6. The molecule has 0 aliphatic rings. The molecular weight excluding hydrogens is 377 g/mol. The molecule has 0 radical (unpaired) electrons. The van der Waals surface area contributed by atoms with Crippen LogP contribution < -0.4 is 5.32 Å². The van der Waals surface area contributed by atoms with Crippen molar-refractivity contribution in [2.24, 2.45) is 0 Å². The van der Waals surface area contributed by atoms with Crippen LogP contribution in [-0.2, 0) is 0 Å². The molecule has 3 aromatic rings. The number of thiazole rings is 1. The number of nitrogens with one attached hydrogen (secondary N) is 1. The van der Waals surface area contributed by atoms with E-state index in [2.05, 4.69) is 15.3 Å². The predicted octanol–water partition coefficient (Wildman–Crippen LogP) is 5.31. The number of rotatable bonds is 4. The van der Waals surface area contributed by atoms with E-state index in [0.29, 0.717) is 20.6 Å². The quantitative estimate of drug-likeness (QED) is 0.655. The summed E-state index contributed by atoms with van der Waals surface area (Å²) in [5.74, 6) is -0.171. The van der Waals surface area contributed by atoms with E-state index in [1.807, 2.05) is 38.1 Å². The molecule has 2 aromatic heterocycles. The summed E-state index contributed by atoms with van der Waals surface area (Å²) in [6, 6.07) is 10.7. The van der Waals surface area contributed by atoms with E-state index in [-0.39, 0.29) is 11.9 Å². The zero-order chi connectivity index (χ0) is 18.0. The van der Waals surface area contributed by atoms with Crippen molar-refractivity contribution in [1.29, 1.82) is 0 Å². The highest BCUT2D eigenvalue weighted by Crippen LogP contribution is 2.28. The zero-order valence-corrected chi connectivity index (χ0v) is 15.9. The normalized spacial score (nSPS) is 12.0. The molecule has 4 nitrogen and oxygen atoms in total. The second-order valence-corrected chi connectivity index (χ2v) is 7.33. The maximum absolute atomic E-state index is 12.6. The summed E-state index contributed by atoms with van der Waals surface area (Å²) in [6.07, 6.45) is 1.71. The maximum Gasteiger partial charge on any atom is 0.263 e. The average Bonchev–Trinajstić information content (AvgIpc) is 3.00. The summed E-state index contributed by atoms with van der Waals surface area (Å²) in [7, 11) is 0. The van der Waals surface area contributed by atoms with E-state index >= 15 is 0 Å². The molecular formula is C18H15Cl2N3OS. The molecule has 0 spiro atoms. The molecule has 25 heavy (non-hydrogen) atoms. The first-order valence-corrected chi connectivity index (χ1v) is 9.17. The highest BCUT2D eigenvalue weighted by Gasteiger charge is 2.19. The van der Waals surface area contributed by atoms with Crippen LogP contribution in [0.4, 0.5) is 0 Å². The van der Waals surface area contributed by atoms with Crippen molar-refractivity contribution in [3.8, 4) is 10.7 Å². The Morgan fingerprint density at radius 3 is 2.68 bits per heavy atom. The summed E-state index contributed by atoms with van der Waals surface area (Å²) >= 11 is 13.3. The van der Waals surface area contributed by atoms with Gasteiger partial charge in [-0.3, -0.25) is 9.78 Å². The molecule has 0 aliphatic carbocycles. The first kappa shape index (κ1) is 17.9. The molecule has 2 heterocycles. The molecule has 128 valence electrons. The number of hydrogen-bond acceptors (Lipinski definition) is 4. The third kappa shape index (κ3) is 4.00. The van der Waals surface area contributed by atoms with Crippen LogP contribution in [0.5, 0.6) is 0 Å². The molecule has 0 fully saturated rings. The lowest BCUT2D eigenvalue weighted by Crippen LogP contribution is -2.26. The van der Waals surface area contributed by atoms with E-state index in [0.717, 1.165) is 16.3 Å². The van der Waals surface area contributed by atoms with E-state index in [4.69, 9.17) is 23.2 Å². The van der Waals surface area contributed by atoms with E-state index in [1.165, 1.54) is 11.3 Å². The molecule has 0 saturated heterocycles. The summed E-state index contributed by atoms with van der Waals surface area (Å²) < 4.78 is 0. The van der Waals surface area contributed by atoms with Gasteiger partial charge in [0.25, 0.3) is 5.91 Å². The van der Waals surface area contributed by atoms with Crippen LogP contribution in [0.2, 0.25) is 10.0 Å². The van der Waals surface area contributed by atoms with E-state index in [1.54, 1.807) is 18.3 Å². The molecule has 1 amide bonds. The van der Waals surface area contributed by atoms with Gasteiger partial charge >= 0.3 is 0 Å². The lowest BCUT2D eigenvalue weighted by Gasteiger charge is -2.14. The van der Waals surface area contributed by atoms with Crippen LogP contribution in [0.1, 0.15) is 33.9 Å². The van der Waals surface area contributed by atoms with Gasteiger partial charge in [0.1, 0.15) is 9.88 Å². The second kappa shape index (κ2) is 7.52. The molecule has 1 atom stereocenters. The summed E-state index contributed by atoms with van der Waals surface area (Å²) in [4.78, 5) is 21.9. The second-order valence-electron chi connectivity index (χ2n) is 5.52. The van der Waals surface area contributed by atoms with Gasteiger partial charge in [-0.2, -0.15) is 0 Å². The summed E-state index contributed by atoms with van der Waals surface area (Å²) in [5.41, 5.74) is 2.33. The van der Waals surface area contributed by atoms with E-state index in [9.17, 15) is 4.79 Å². The smallest absolute Gasteiger partial charge is 0.263 e. The van der Waals surface area contributed by atoms with Gasteiger partial charge in [0.05, 0.1) is 27.5 Å². The number of carbonyl (C=O) groups excluding carboxylic acids is 1. The Hall–Kier alpha value is -1.95. The Morgan fingerprint density at radius 1 is 1.20 bits per heavy atom. The van der Waals surface area contributed by atoms with Gasteiger partial charge in [0.2, 0.25) is 0 Å². The number of aromatic nitrogens is 2. The van der Waals surface area contributed by atoms with Crippen molar-refractivity contribution in [3.05, 3.63) is 68.8 Å². The number of hydrogen-bond donors (Lipinski definition) is 1. The molecule has 1 unspecified atom stereocenters. The Bertz CT molecular complexity index is 912. The number of aryl methyl sites for hydroxylation is 1. The van der Waals surface area contributed by atoms with Crippen molar-refractivity contribution >= 4 is 40.4 Å². The third-order valence-corrected chi connectivity index (χ3v) is 5.60. The van der Waals surface area contributed by atoms with Crippen LogP contribution in [-0.4, -0.2) is 15.9 Å². The lowest BCUT2D eigenvalue weighted by atomic mass is 10.1. The Labute approximate surface area is 159 Å². The van der Waals surface area contributed by atoms with Gasteiger partial charge in [-0.05, 0) is 43.7 Å². The van der Waals surface area contributed by atoms with Crippen LogP contribution in [0.25, 0.3) is 10.7 Å². The first-order valence-electron chi connectivity index (χ1n) is 7.60. The highest BCUT2D eigenvalue weighted by atomic mass is 35.5. The number of amides is 1. The van der Waals surface area contributed by atoms with Crippen LogP contribution in [0, 0.1) is 6.92 Å². The molecule has 3 rings (SSSR count). The molecule has 0 bridgehead atoms. The minimum Gasteiger partial charge on any atom is -0.345 e. The van der Waals surface area contributed by atoms with Crippen molar-refractivity contribution < 1.29 is 4.79 Å². The van der Waals surface area contributed by atoms with Gasteiger partial charge in [0, 0.05) is 6.20 Å². The summed E-state index contributed by atoms with van der Waals surface area (Å²) in [5, 5.41) is 4.65. The Kier molecular flexibility index (Phi) is 5.37. The number of nitrogens with zero attached hydrogens (tertiary/aromatic N) is 2. The molecule has 7 heteroatoms. The topological polar surface area (TPSA) is 54.9 Å².